The molecule has 0 aliphatic rings. The van der Waals surface area contributed by atoms with Crippen LogP contribution in [0.5, 0.6) is 0 Å². The molecule has 0 aliphatic carbocycles. The van der Waals surface area contributed by atoms with Gasteiger partial charge in [0.25, 0.3) is 0 Å². The number of ether oxygens (including phenoxy) is 3. The average Bonchev–Trinajstić information content (AvgIpc) is 3.47. The number of carbonyl (C=O) groups excluding carboxylic acids is 1. The van der Waals surface area contributed by atoms with Crippen molar-refractivity contribution in [3.8, 4) is 0 Å². The number of hydrogen-bond acceptors (Lipinski definition) is 12. The van der Waals surface area contributed by atoms with Gasteiger partial charge in [0.1, 0.15) is 24.3 Å². The average molecular weight is 734 g/mol. The zero-order valence-corrected chi connectivity index (χ0v) is 32.2. The fraction of sp³-hybridized carbons (Fsp3) is 0.818. The molecule has 2 heterocycles. The van der Waals surface area contributed by atoms with E-state index in [1.807, 2.05) is 13.8 Å². The number of fused-ring (bicyclic) bond motifs is 1. The molecule has 0 aromatic carbocycles. The van der Waals surface area contributed by atoms with Gasteiger partial charge >= 0.3 is 13.8 Å². The molecule has 0 amide bonds. The van der Waals surface area contributed by atoms with Gasteiger partial charge < -0.3 is 29.0 Å². The summed E-state index contributed by atoms with van der Waals surface area (Å²) in [5, 5.41) is 0. The molecule has 0 spiro atoms. The van der Waals surface area contributed by atoms with Crippen LogP contribution in [0, 0.1) is 0 Å². The molecule has 0 saturated heterocycles. The standard InChI is InChI=1S/C33H60N5O7PS2/c1-5-7-8-9-10-11-12-13-14-15-16-17-18-19-21-48(47)22-20-43-46(40,44-26-41-33(39)45-28(3)6-2)27-42-29(4)23-38-25-37-30-31(34)35-24-36-32(30)38/h24-25,28-29H,5-23,26-27H2,1-4H3,(H2,34,35,36)/t28?,29-,46?,48?/m1/s1. The van der Waals surface area contributed by atoms with Crippen molar-refractivity contribution in [1.82, 2.24) is 19.5 Å². The molecule has 12 nitrogen and oxygen atoms in total. The first-order valence-electron chi connectivity index (χ1n) is 17.8. The molecular weight excluding hydrogens is 673 g/mol. The van der Waals surface area contributed by atoms with Crippen molar-refractivity contribution >= 4 is 51.4 Å². The molecule has 2 N–H and O–H groups in total. The van der Waals surface area contributed by atoms with Crippen LogP contribution in [0.1, 0.15) is 124 Å². The van der Waals surface area contributed by atoms with Gasteiger partial charge in [-0.1, -0.05) is 109 Å². The molecule has 0 bridgehead atoms. The third-order valence-corrected chi connectivity index (χ3v) is 11.9. The number of nitrogen functional groups attached to an aromatic ring is 1. The first-order valence-corrected chi connectivity index (χ1v) is 22.0. The monoisotopic (exact) mass is 733 g/mol. The summed E-state index contributed by atoms with van der Waals surface area (Å²) in [5.41, 5.74) is 6.95. The Balaban J connectivity index is 1.70. The summed E-state index contributed by atoms with van der Waals surface area (Å²) in [6.07, 6.45) is 20.1. The zero-order chi connectivity index (χ0) is 35.0. The molecule has 0 aliphatic heterocycles. The number of hydrogen-bond donors (Lipinski definition) is 1. The molecule has 0 saturated carbocycles. The zero-order valence-electron chi connectivity index (χ0n) is 29.6. The summed E-state index contributed by atoms with van der Waals surface area (Å²) in [7, 11) is -4.09. The molecule has 2 aromatic heterocycles. The second-order valence-electron chi connectivity index (χ2n) is 12.3. The van der Waals surface area contributed by atoms with E-state index in [4.69, 9.17) is 40.2 Å². The molecule has 2 rings (SSSR count). The third-order valence-electron chi connectivity index (χ3n) is 8.02. The molecule has 0 radical (unpaired) electrons. The Kier molecular flexibility index (Phi) is 22.4. The Bertz CT molecular complexity index is 1240. The van der Waals surface area contributed by atoms with E-state index in [9.17, 15) is 9.36 Å². The summed E-state index contributed by atoms with van der Waals surface area (Å²) in [4.78, 5) is 24.4. The summed E-state index contributed by atoms with van der Waals surface area (Å²) in [5.74, 6) is 1.80. The second kappa shape index (κ2) is 25.3. The van der Waals surface area contributed by atoms with Crippen LogP contribution in [0.25, 0.3) is 11.2 Å². The highest BCUT2D eigenvalue weighted by Gasteiger charge is 2.28. The maximum absolute atomic E-state index is 13.6. The van der Waals surface area contributed by atoms with Crippen molar-refractivity contribution in [3.63, 3.8) is 0 Å². The number of nitrogens with zero attached hydrogens (tertiary/aromatic N) is 4. The Labute approximate surface area is 295 Å². The van der Waals surface area contributed by atoms with Gasteiger partial charge in [0, 0.05) is 5.75 Å². The van der Waals surface area contributed by atoms with Crippen LogP contribution in [0.15, 0.2) is 12.7 Å². The number of rotatable bonds is 29. The maximum atomic E-state index is 13.6. The van der Waals surface area contributed by atoms with E-state index in [1.54, 1.807) is 17.8 Å². The number of imidazole rings is 1. The summed E-state index contributed by atoms with van der Waals surface area (Å²) in [6, 6.07) is 0. The van der Waals surface area contributed by atoms with Crippen LogP contribution in [0.4, 0.5) is 10.6 Å². The van der Waals surface area contributed by atoms with Gasteiger partial charge in [-0.25, -0.2) is 19.7 Å². The van der Waals surface area contributed by atoms with Crippen molar-refractivity contribution in [3.05, 3.63) is 12.7 Å². The van der Waals surface area contributed by atoms with Gasteiger partial charge in [-0.2, -0.15) is 0 Å². The first-order chi connectivity index (χ1) is 23.2. The van der Waals surface area contributed by atoms with Gasteiger partial charge in [0.05, 0.1) is 25.6 Å². The summed E-state index contributed by atoms with van der Waals surface area (Å²) in [6.45, 7) is 7.64. The van der Waals surface area contributed by atoms with E-state index in [0.29, 0.717) is 29.9 Å². The van der Waals surface area contributed by atoms with Gasteiger partial charge in [-0.3, -0.25) is 9.09 Å². The first kappa shape index (κ1) is 42.5. The Hall–Kier alpha value is -1.70. The minimum atomic E-state index is -3.80. The Morgan fingerprint density at radius 2 is 1.52 bits per heavy atom. The lowest BCUT2D eigenvalue weighted by atomic mass is 10.0. The predicted molar refractivity (Wildman–Crippen MR) is 197 cm³/mol. The van der Waals surface area contributed by atoms with Crippen molar-refractivity contribution in [1.29, 1.82) is 0 Å². The van der Waals surface area contributed by atoms with E-state index >= 15 is 0 Å². The lowest BCUT2D eigenvalue weighted by molar-refractivity contribution is -0.0209. The molecule has 0 fully saturated rings. The molecule has 48 heavy (non-hydrogen) atoms. The van der Waals surface area contributed by atoms with Crippen LogP contribution in [0.3, 0.4) is 0 Å². The van der Waals surface area contributed by atoms with Crippen molar-refractivity contribution in [2.75, 3.05) is 37.0 Å². The van der Waals surface area contributed by atoms with Crippen LogP contribution >= 0.6 is 7.60 Å². The quantitative estimate of drug-likeness (QED) is 0.0370. The molecular formula is C33H60N5O7PS2. The molecule has 276 valence electrons. The molecule has 2 aromatic rings. The number of unbranched alkanes of at least 4 members (excludes halogenated alkanes) is 13. The van der Waals surface area contributed by atoms with Gasteiger partial charge in [0.2, 0.25) is 6.79 Å². The van der Waals surface area contributed by atoms with E-state index in [2.05, 4.69) is 21.9 Å². The van der Waals surface area contributed by atoms with Crippen LogP contribution in [-0.2, 0) is 55.0 Å². The number of carbonyl (C=O) groups is 1. The highest BCUT2D eigenvalue weighted by molar-refractivity contribution is 8.28. The van der Waals surface area contributed by atoms with Gasteiger partial charge in [-0.15, -0.1) is 9.45 Å². The number of aromatic nitrogens is 4. The minimum absolute atomic E-state index is 0.153. The van der Waals surface area contributed by atoms with E-state index in [0.717, 1.165) is 12.2 Å². The lowest BCUT2D eigenvalue weighted by Crippen LogP contribution is -2.20. The van der Waals surface area contributed by atoms with Crippen molar-refractivity contribution in [2.24, 2.45) is 0 Å². The van der Waals surface area contributed by atoms with Gasteiger partial charge in [-0.05, 0) is 32.4 Å². The normalized spacial score (nSPS) is 14.8. The third kappa shape index (κ3) is 18.3. The largest absolute Gasteiger partial charge is 0.510 e. The van der Waals surface area contributed by atoms with E-state index in [-0.39, 0.29) is 34.3 Å². The van der Waals surface area contributed by atoms with Crippen LogP contribution < -0.4 is 5.73 Å². The number of nitrogens with two attached hydrogens (primary N) is 1. The van der Waals surface area contributed by atoms with Crippen LogP contribution in [0.2, 0.25) is 0 Å². The van der Waals surface area contributed by atoms with E-state index in [1.165, 1.54) is 89.8 Å². The summed E-state index contributed by atoms with van der Waals surface area (Å²) >= 11 is 5.68. The second-order valence-corrected chi connectivity index (χ2v) is 17.4. The van der Waals surface area contributed by atoms with Crippen molar-refractivity contribution in [2.45, 2.75) is 143 Å². The highest BCUT2D eigenvalue weighted by Crippen LogP contribution is 2.48. The van der Waals surface area contributed by atoms with Crippen LogP contribution in [-0.4, -0.2) is 69.1 Å². The number of anilines is 1. The lowest BCUT2D eigenvalue weighted by Gasteiger charge is -2.21. The highest BCUT2D eigenvalue weighted by atomic mass is 32.8. The predicted octanol–water partition coefficient (Wildman–Crippen LogP) is 8.47. The SMILES string of the molecule is CCCCCCCCCCCCCCCCS(=S)CCOP(=O)(CO[C@H](C)Cn1cnc2c(N)ncnc21)OCOC(=O)OC(C)CC. The van der Waals surface area contributed by atoms with E-state index < -0.39 is 26.6 Å². The molecule has 4 atom stereocenters. The minimum Gasteiger partial charge on any atom is -0.431 e. The molecule has 15 heteroatoms. The van der Waals surface area contributed by atoms with Crippen molar-refractivity contribution < 1.29 is 32.6 Å². The fourth-order valence-electron chi connectivity index (χ4n) is 4.96. The Morgan fingerprint density at radius 3 is 2.15 bits per heavy atom. The van der Waals surface area contributed by atoms with Gasteiger partial charge in [0.15, 0.2) is 11.5 Å². The topological polar surface area (TPSA) is 150 Å². The summed E-state index contributed by atoms with van der Waals surface area (Å²) < 4.78 is 42.5. The maximum Gasteiger partial charge on any atom is 0.510 e. The fourth-order valence-corrected chi connectivity index (χ4v) is 7.88. The molecule has 3 unspecified atom stereocenters. The Morgan fingerprint density at radius 1 is 0.896 bits per heavy atom. The smallest absolute Gasteiger partial charge is 0.431 e.